The summed E-state index contributed by atoms with van der Waals surface area (Å²) in [5.74, 6) is -0.176. The van der Waals surface area contributed by atoms with Gasteiger partial charge in [-0.15, -0.1) is 0 Å². The van der Waals surface area contributed by atoms with Crippen molar-refractivity contribution in [3.8, 4) is 17.6 Å². The summed E-state index contributed by atoms with van der Waals surface area (Å²) in [5, 5.41) is 8.91. The molecule has 1 aromatic carbocycles. The van der Waals surface area contributed by atoms with E-state index in [0.717, 1.165) is 5.56 Å². The third-order valence-corrected chi connectivity index (χ3v) is 2.53. The van der Waals surface area contributed by atoms with Crippen LogP contribution in [0.25, 0.3) is 0 Å². The van der Waals surface area contributed by atoms with Gasteiger partial charge >= 0.3 is 5.97 Å². The normalized spacial score (nSPS) is 11.2. The summed E-state index contributed by atoms with van der Waals surface area (Å²) in [5.41, 5.74) is 0.810. The van der Waals surface area contributed by atoms with E-state index >= 15 is 0 Å². The fourth-order valence-corrected chi connectivity index (χ4v) is 1.57. The molecule has 0 amide bonds. The highest BCUT2D eigenvalue weighted by Crippen LogP contribution is 2.28. The molecule has 0 fully saturated rings. The van der Waals surface area contributed by atoms with Crippen molar-refractivity contribution in [3.63, 3.8) is 0 Å². The fourth-order valence-electron chi connectivity index (χ4n) is 1.57. The minimum Gasteiger partial charge on any atom is -0.493 e. The van der Waals surface area contributed by atoms with E-state index < -0.39 is 11.9 Å². The van der Waals surface area contributed by atoms with Crippen molar-refractivity contribution in [2.24, 2.45) is 5.92 Å². The second kappa shape index (κ2) is 6.50. The molecule has 0 N–H and O–H groups in total. The zero-order valence-electron chi connectivity index (χ0n) is 10.6. The van der Waals surface area contributed by atoms with Crippen molar-refractivity contribution in [2.45, 2.75) is 6.42 Å². The van der Waals surface area contributed by atoms with Crippen molar-refractivity contribution in [2.75, 3.05) is 21.3 Å². The number of ether oxygens (including phenoxy) is 3. The second-order valence-electron chi connectivity index (χ2n) is 3.60. The van der Waals surface area contributed by atoms with Gasteiger partial charge in [0.05, 0.1) is 27.4 Å². The molecule has 0 bridgehead atoms. The number of hydrogen-bond donors (Lipinski definition) is 0. The maximum absolute atomic E-state index is 11.3. The molecule has 0 aliphatic heterocycles. The third-order valence-electron chi connectivity index (χ3n) is 2.53. The SMILES string of the molecule is COC(=O)[C@@H](C#N)Cc1ccc(OC)c(OC)c1. The average Bonchev–Trinajstić information content (AvgIpc) is 2.43. The van der Waals surface area contributed by atoms with Gasteiger partial charge in [-0.3, -0.25) is 4.79 Å². The minimum absolute atomic E-state index is 0.281. The first-order valence-corrected chi connectivity index (χ1v) is 5.34. The Kier molecular flexibility index (Phi) is 5.00. The molecular weight excluding hydrogens is 234 g/mol. The van der Waals surface area contributed by atoms with Crippen LogP contribution in [0.5, 0.6) is 11.5 Å². The maximum Gasteiger partial charge on any atom is 0.323 e. The lowest BCUT2D eigenvalue weighted by Gasteiger charge is -2.11. The zero-order chi connectivity index (χ0) is 13.5. The van der Waals surface area contributed by atoms with Crippen LogP contribution in [0.4, 0.5) is 0 Å². The number of rotatable bonds is 5. The van der Waals surface area contributed by atoms with Crippen LogP contribution in [0.3, 0.4) is 0 Å². The Hall–Kier alpha value is -2.22. The first-order chi connectivity index (χ1) is 8.65. The number of nitriles is 1. The van der Waals surface area contributed by atoms with Gasteiger partial charge in [-0.25, -0.2) is 0 Å². The molecule has 0 aromatic heterocycles. The topological polar surface area (TPSA) is 68.6 Å². The molecule has 0 saturated carbocycles. The van der Waals surface area contributed by atoms with Crippen molar-refractivity contribution < 1.29 is 19.0 Å². The molecule has 1 rings (SSSR count). The van der Waals surface area contributed by atoms with Gasteiger partial charge in [0.1, 0.15) is 5.92 Å². The fraction of sp³-hybridized carbons (Fsp3) is 0.385. The molecular formula is C13H15NO4. The molecule has 0 saturated heterocycles. The smallest absolute Gasteiger partial charge is 0.323 e. The summed E-state index contributed by atoms with van der Waals surface area (Å²) in [4.78, 5) is 11.3. The van der Waals surface area contributed by atoms with E-state index in [-0.39, 0.29) is 6.42 Å². The van der Waals surface area contributed by atoms with Crippen LogP contribution in [0, 0.1) is 17.2 Å². The molecule has 0 radical (unpaired) electrons. The Labute approximate surface area is 106 Å². The molecule has 5 heteroatoms. The van der Waals surface area contributed by atoms with Gasteiger partial charge in [-0.05, 0) is 24.1 Å². The van der Waals surface area contributed by atoms with Crippen LogP contribution in [-0.4, -0.2) is 27.3 Å². The molecule has 96 valence electrons. The zero-order valence-corrected chi connectivity index (χ0v) is 10.6. The Bertz CT molecular complexity index is 465. The quantitative estimate of drug-likeness (QED) is 0.741. The van der Waals surface area contributed by atoms with Crippen molar-refractivity contribution in [3.05, 3.63) is 23.8 Å². The molecule has 1 atom stereocenters. The number of methoxy groups -OCH3 is 3. The second-order valence-corrected chi connectivity index (χ2v) is 3.60. The number of carbonyl (C=O) groups excluding carboxylic acids is 1. The van der Waals surface area contributed by atoms with Gasteiger partial charge in [0.2, 0.25) is 0 Å². The summed E-state index contributed by atoms with van der Waals surface area (Å²) in [6.07, 6.45) is 0.281. The standard InChI is InChI=1S/C13H15NO4/c1-16-11-5-4-9(7-12(11)17-2)6-10(8-14)13(15)18-3/h4-5,7,10H,6H2,1-3H3/t10-/m1/s1. The van der Waals surface area contributed by atoms with E-state index in [1.807, 2.05) is 6.07 Å². The van der Waals surface area contributed by atoms with Gasteiger partial charge in [0.25, 0.3) is 0 Å². The van der Waals surface area contributed by atoms with Crippen molar-refractivity contribution >= 4 is 5.97 Å². The van der Waals surface area contributed by atoms with E-state index in [0.29, 0.717) is 11.5 Å². The number of esters is 1. The average molecular weight is 249 g/mol. The predicted molar refractivity (Wildman–Crippen MR) is 64.4 cm³/mol. The molecule has 0 spiro atoms. The van der Waals surface area contributed by atoms with Gasteiger partial charge in [0.15, 0.2) is 11.5 Å². The van der Waals surface area contributed by atoms with E-state index in [9.17, 15) is 4.79 Å². The molecule has 0 heterocycles. The lowest BCUT2D eigenvalue weighted by Crippen LogP contribution is -2.16. The van der Waals surface area contributed by atoms with Gasteiger partial charge in [-0.2, -0.15) is 5.26 Å². The summed E-state index contributed by atoms with van der Waals surface area (Å²) in [6, 6.07) is 7.19. The van der Waals surface area contributed by atoms with E-state index in [1.165, 1.54) is 14.2 Å². The summed E-state index contributed by atoms with van der Waals surface area (Å²) < 4.78 is 14.8. The predicted octanol–water partition coefficient (Wildman–Crippen LogP) is 1.56. The Morgan fingerprint density at radius 3 is 2.44 bits per heavy atom. The molecule has 0 unspecified atom stereocenters. The molecule has 0 aliphatic rings. The van der Waals surface area contributed by atoms with Crippen LogP contribution in [0.2, 0.25) is 0 Å². The molecule has 5 nitrogen and oxygen atoms in total. The van der Waals surface area contributed by atoms with E-state index in [4.69, 9.17) is 14.7 Å². The van der Waals surface area contributed by atoms with Gasteiger partial charge < -0.3 is 14.2 Å². The first kappa shape index (κ1) is 13.8. The number of benzene rings is 1. The molecule has 1 aromatic rings. The van der Waals surface area contributed by atoms with Crippen LogP contribution < -0.4 is 9.47 Å². The Morgan fingerprint density at radius 1 is 1.28 bits per heavy atom. The largest absolute Gasteiger partial charge is 0.493 e. The highest BCUT2D eigenvalue weighted by Gasteiger charge is 2.19. The van der Waals surface area contributed by atoms with Crippen molar-refractivity contribution in [1.29, 1.82) is 5.26 Å². The van der Waals surface area contributed by atoms with Crippen molar-refractivity contribution in [1.82, 2.24) is 0 Å². The minimum atomic E-state index is -0.812. The van der Waals surface area contributed by atoms with Crippen LogP contribution in [-0.2, 0) is 16.0 Å². The van der Waals surface area contributed by atoms with Crippen LogP contribution in [0.15, 0.2) is 18.2 Å². The van der Waals surface area contributed by atoms with Crippen LogP contribution in [0.1, 0.15) is 5.56 Å². The highest BCUT2D eigenvalue weighted by atomic mass is 16.5. The summed E-state index contributed by atoms with van der Waals surface area (Å²) in [6.45, 7) is 0. The molecule has 18 heavy (non-hydrogen) atoms. The molecule has 0 aliphatic carbocycles. The van der Waals surface area contributed by atoms with Gasteiger partial charge in [-0.1, -0.05) is 6.07 Å². The Balaban J connectivity index is 2.91. The van der Waals surface area contributed by atoms with E-state index in [1.54, 1.807) is 25.3 Å². The van der Waals surface area contributed by atoms with Crippen LogP contribution >= 0.6 is 0 Å². The lowest BCUT2D eigenvalue weighted by molar-refractivity contribution is -0.143. The number of hydrogen-bond acceptors (Lipinski definition) is 5. The Morgan fingerprint density at radius 2 is 1.94 bits per heavy atom. The highest BCUT2D eigenvalue weighted by molar-refractivity contribution is 5.75. The third kappa shape index (κ3) is 3.14. The number of carbonyl (C=O) groups is 1. The number of nitrogens with zero attached hydrogens (tertiary/aromatic N) is 1. The first-order valence-electron chi connectivity index (χ1n) is 5.34. The van der Waals surface area contributed by atoms with E-state index in [2.05, 4.69) is 4.74 Å². The maximum atomic E-state index is 11.3. The lowest BCUT2D eigenvalue weighted by atomic mass is 10.0. The van der Waals surface area contributed by atoms with Gasteiger partial charge in [0, 0.05) is 0 Å². The summed E-state index contributed by atoms with van der Waals surface area (Å²) >= 11 is 0. The summed E-state index contributed by atoms with van der Waals surface area (Å²) in [7, 11) is 4.34. The monoisotopic (exact) mass is 249 g/mol.